The summed E-state index contributed by atoms with van der Waals surface area (Å²) < 4.78 is 0. The Morgan fingerprint density at radius 3 is 2.35 bits per heavy atom. The zero-order chi connectivity index (χ0) is 12.4. The third-order valence-corrected chi connectivity index (χ3v) is 3.10. The molecule has 3 heteroatoms. The molecule has 0 aromatic heterocycles. The first-order chi connectivity index (χ1) is 8.11. The molecular formula is C14H20N2O. The zero-order valence-corrected chi connectivity index (χ0v) is 10.8. The zero-order valence-electron chi connectivity index (χ0n) is 10.8. The Hall–Kier alpha value is -1.48. The van der Waals surface area contributed by atoms with Crippen molar-refractivity contribution in [3.63, 3.8) is 0 Å². The first-order valence-corrected chi connectivity index (χ1v) is 5.99. The summed E-state index contributed by atoms with van der Waals surface area (Å²) in [6.45, 7) is 8.14. The second kappa shape index (κ2) is 4.80. The standard InChI is InChI=1S/C14H20N2O/c1-11-8-12(2)14(13(3)9-11)16-5-4-15(10-16)6-7-17/h4-5,8-9,17H,6-7,10H2,1-3H3. The summed E-state index contributed by atoms with van der Waals surface area (Å²) in [7, 11) is 0. The largest absolute Gasteiger partial charge is 0.395 e. The van der Waals surface area contributed by atoms with Gasteiger partial charge in [0, 0.05) is 24.6 Å². The van der Waals surface area contributed by atoms with E-state index in [0.29, 0.717) is 6.54 Å². The fraction of sp³-hybridized carbons (Fsp3) is 0.429. The predicted octanol–water partition coefficient (Wildman–Crippen LogP) is 2.15. The molecule has 2 rings (SSSR count). The number of anilines is 1. The SMILES string of the molecule is Cc1cc(C)c(N2C=CN(CCO)C2)c(C)c1. The molecule has 0 bridgehead atoms. The molecule has 0 fully saturated rings. The van der Waals surface area contributed by atoms with Crippen LogP contribution in [-0.2, 0) is 0 Å². The highest BCUT2D eigenvalue weighted by Crippen LogP contribution is 2.28. The van der Waals surface area contributed by atoms with Crippen LogP contribution >= 0.6 is 0 Å². The lowest BCUT2D eigenvalue weighted by atomic mass is 10.0. The fourth-order valence-corrected chi connectivity index (χ4v) is 2.51. The van der Waals surface area contributed by atoms with Crippen LogP contribution < -0.4 is 4.90 Å². The summed E-state index contributed by atoms with van der Waals surface area (Å²) >= 11 is 0. The quantitative estimate of drug-likeness (QED) is 0.865. The summed E-state index contributed by atoms with van der Waals surface area (Å²) in [6.07, 6.45) is 4.12. The number of aryl methyl sites for hydroxylation is 3. The van der Waals surface area contributed by atoms with Crippen molar-refractivity contribution in [2.45, 2.75) is 20.8 Å². The van der Waals surface area contributed by atoms with E-state index in [1.54, 1.807) is 0 Å². The molecule has 17 heavy (non-hydrogen) atoms. The Balaban J connectivity index is 2.22. The van der Waals surface area contributed by atoms with Gasteiger partial charge in [-0.1, -0.05) is 17.7 Å². The molecule has 0 saturated heterocycles. The lowest BCUT2D eigenvalue weighted by Crippen LogP contribution is -2.28. The number of nitrogens with zero attached hydrogens (tertiary/aromatic N) is 2. The van der Waals surface area contributed by atoms with Gasteiger partial charge in [0.2, 0.25) is 0 Å². The average molecular weight is 232 g/mol. The van der Waals surface area contributed by atoms with Gasteiger partial charge in [0.25, 0.3) is 0 Å². The summed E-state index contributed by atoms with van der Waals surface area (Å²) in [4.78, 5) is 4.35. The summed E-state index contributed by atoms with van der Waals surface area (Å²) in [5.74, 6) is 0. The second-order valence-corrected chi connectivity index (χ2v) is 4.69. The van der Waals surface area contributed by atoms with Crippen LogP contribution in [0.4, 0.5) is 5.69 Å². The summed E-state index contributed by atoms with van der Waals surface area (Å²) in [6, 6.07) is 4.43. The highest BCUT2D eigenvalue weighted by atomic mass is 16.3. The van der Waals surface area contributed by atoms with E-state index in [1.807, 2.05) is 6.20 Å². The third-order valence-electron chi connectivity index (χ3n) is 3.10. The molecule has 0 radical (unpaired) electrons. The van der Waals surface area contributed by atoms with Crippen molar-refractivity contribution >= 4 is 5.69 Å². The van der Waals surface area contributed by atoms with Gasteiger partial charge in [0.15, 0.2) is 0 Å². The third kappa shape index (κ3) is 2.44. The number of aliphatic hydroxyl groups excluding tert-OH is 1. The Kier molecular flexibility index (Phi) is 3.38. The van der Waals surface area contributed by atoms with Crippen molar-refractivity contribution in [2.24, 2.45) is 0 Å². The Morgan fingerprint density at radius 2 is 1.76 bits per heavy atom. The molecule has 0 aliphatic carbocycles. The van der Waals surface area contributed by atoms with E-state index in [0.717, 1.165) is 6.67 Å². The molecule has 1 aliphatic rings. The Morgan fingerprint density at radius 1 is 1.12 bits per heavy atom. The maximum absolute atomic E-state index is 8.93. The van der Waals surface area contributed by atoms with E-state index in [-0.39, 0.29) is 6.61 Å². The van der Waals surface area contributed by atoms with E-state index < -0.39 is 0 Å². The van der Waals surface area contributed by atoms with Crippen molar-refractivity contribution < 1.29 is 5.11 Å². The van der Waals surface area contributed by atoms with Crippen LogP contribution in [0.3, 0.4) is 0 Å². The molecule has 92 valence electrons. The van der Waals surface area contributed by atoms with Crippen LogP contribution in [0.5, 0.6) is 0 Å². The average Bonchev–Trinajstić information content (AvgIpc) is 2.65. The van der Waals surface area contributed by atoms with Crippen molar-refractivity contribution in [3.05, 3.63) is 41.2 Å². The van der Waals surface area contributed by atoms with Gasteiger partial charge in [-0.3, -0.25) is 0 Å². The predicted molar refractivity (Wildman–Crippen MR) is 70.9 cm³/mol. The molecule has 0 unspecified atom stereocenters. The topological polar surface area (TPSA) is 26.7 Å². The first kappa shape index (κ1) is 12.0. The molecule has 3 nitrogen and oxygen atoms in total. The highest BCUT2D eigenvalue weighted by molar-refractivity contribution is 5.62. The fourth-order valence-electron chi connectivity index (χ4n) is 2.51. The number of hydrogen-bond acceptors (Lipinski definition) is 3. The minimum atomic E-state index is 0.198. The van der Waals surface area contributed by atoms with Crippen molar-refractivity contribution in [1.29, 1.82) is 0 Å². The van der Waals surface area contributed by atoms with E-state index in [9.17, 15) is 0 Å². The normalized spacial score (nSPS) is 14.8. The van der Waals surface area contributed by atoms with Gasteiger partial charge < -0.3 is 14.9 Å². The Labute approximate surface area is 103 Å². The minimum absolute atomic E-state index is 0.198. The molecule has 0 spiro atoms. The minimum Gasteiger partial charge on any atom is -0.395 e. The van der Waals surface area contributed by atoms with Crippen LogP contribution in [0.1, 0.15) is 16.7 Å². The van der Waals surface area contributed by atoms with Gasteiger partial charge in [-0.25, -0.2) is 0 Å². The van der Waals surface area contributed by atoms with Crippen LogP contribution in [0, 0.1) is 20.8 Å². The van der Waals surface area contributed by atoms with E-state index in [4.69, 9.17) is 5.11 Å². The van der Waals surface area contributed by atoms with Crippen molar-refractivity contribution in [3.8, 4) is 0 Å². The number of β-amino-alcohol motifs (C(OH)–C–C–N with tert-alkyl or cyclic N) is 1. The molecule has 1 aliphatic heterocycles. The number of rotatable bonds is 3. The van der Waals surface area contributed by atoms with Gasteiger partial charge in [-0.05, 0) is 31.9 Å². The van der Waals surface area contributed by atoms with E-state index in [1.165, 1.54) is 22.4 Å². The van der Waals surface area contributed by atoms with Gasteiger partial charge in [0.05, 0.1) is 13.3 Å². The number of benzene rings is 1. The molecule has 1 N–H and O–H groups in total. The lowest BCUT2D eigenvalue weighted by molar-refractivity contribution is 0.244. The van der Waals surface area contributed by atoms with Crippen molar-refractivity contribution in [1.82, 2.24) is 4.90 Å². The maximum Gasteiger partial charge on any atom is 0.0943 e. The summed E-state index contributed by atoms with van der Waals surface area (Å²) in [5.41, 5.74) is 5.20. The van der Waals surface area contributed by atoms with E-state index in [2.05, 4.69) is 48.9 Å². The van der Waals surface area contributed by atoms with E-state index >= 15 is 0 Å². The maximum atomic E-state index is 8.93. The molecule has 0 amide bonds. The summed E-state index contributed by atoms with van der Waals surface area (Å²) in [5, 5.41) is 8.93. The number of hydrogen-bond donors (Lipinski definition) is 1. The van der Waals surface area contributed by atoms with Gasteiger partial charge in [0.1, 0.15) is 0 Å². The number of aliphatic hydroxyl groups is 1. The van der Waals surface area contributed by atoms with Gasteiger partial charge in [-0.2, -0.15) is 0 Å². The first-order valence-electron chi connectivity index (χ1n) is 5.99. The van der Waals surface area contributed by atoms with Crippen LogP contribution in [-0.4, -0.2) is 29.8 Å². The second-order valence-electron chi connectivity index (χ2n) is 4.69. The molecular weight excluding hydrogens is 212 g/mol. The molecule has 0 saturated carbocycles. The molecule has 1 heterocycles. The molecule has 1 aromatic rings. The van der Waals surface area contributed by atoms with Gasteiger partial charge >= 0.3 is 0 Å². The lowest BCUT2D eigenvalue weighted by Gasteiger charge is -2.24. The van der Waals surface area contributed by atoms with Crippen molar-refractivity contribution in [2.75, 3.05) is 24.7 Å². The smallest absolute Gasteiger partial charge is 0.0943 e. The van der Waals surface area contributed by atoms with Crippen LogP contribution in [0.15, 0.2) is 24.5 Å². The van der Waals surface area contributed by atoms with Crippen LogP contribution in [0.2, 0.25) is 0 Å². The Bertz CT molecular complexity index is 417. The molecule has 1 aromatic carbocycles. The van der Waals surface area contributed by atoms with Crippen LogP contribution in [0.25, 0.3) is 0 Å². The molecule has 0 atom stereocenters. The highest BCUT2D eigenvalue weighted by Gasteiger charge is 2.16. The monoisotopic (exact) mass is 232 g/mol. The van der Waals surface area contributed by atoms with Gasteiger partial charge in [-0.15, -0.1) is 0 Å².